The molecule has 0 bridgehead atoms. The number of nitrogens with zero attached hydrogens (tertiary/aromatic N) is 1. The van der Waals surface area contributed by atoms with Gasteiger partial charge in [-0.3, -0.25) is 0 Å². The standard InChI is InChI=1S/C19H20BrNO2/c1-14-9-16(7-8-18(14)20)10-17-11-21(12-17)19(22)23-13-15-5-3-2-4-6-15/h2-9,17H,10-13H2,1H3. The molecule has 0 radical (unpaired) electrons. The van der Waals surface area contributed by atoms with Crippen LogP contribution in [0.5, 0.6) is 0 Å². The molecular weight excluding hydrogens is 354 g/mol. The highest BCUT2D eigenvalue weighted by molar-refractivity contribution is 9.10. The number of likely N-dealkylation sites (tertiary alicyclic amines) is 1. The minimum atomic E-state index is -0.211. The lowest BCUT2D eigenvalue weighted by Gasteiger charge is -2.38. The van der Waals surface area contributed by atoms with Gasteiger partial charge in [-0.2, -0.15) is 0 Å². The molecular formula is C19H20BrNO2. The number of amides is 1. The van der Waals surface area contributed by atoms with Gasteiger partial charge in [0.25, 0.3) is 0 Å². The van der Waals surface area contributed by atoms with Crippen LogP contribution in [0.15, 0.2) is 53.0 Å². The molecule has 1 aliphatic rings. The lowest BCUT2D eigenvalue weighted by atomic mass is 9.92. The summed E-state index contributed by atoms with van der Waals surface area (Å²) < 4.78 is 6.49. The Morgan fingerprint density at radius 1 is 1.17 bits per heavy atom. The normalized spacial score (nSPS) is 14.4. The third-order valence-electron chi connectivity index (χ3n) is 4.17. The zero-order chi connectivity index (χ0) is 16.2. The second-order valence-electron chi connectivity index (χ2n) is 6.10. The van der Waals surface area contributed by atoms with Crippen molar-refractivity contribution in [3.63, 3.8) is 0 Å². The number of carbonyl (C=O) groups excluding carboxylic acids is 1. The van der Waals surface area contributed by atoms with Crippen LogP contribution in [0, 0.1) is 12.8 Å². The van der Waals surface area contributed by atoms with Gasteiger partial charge in [0.15, 0.2) is 0 Å². The lowest BCUT2D eigenvalue weighted by molar-refractivity contribution is 0.0496. The fourth-order valence-electron chi connectivity index (χ4n) is 2.83. The number of benzene rings is 2. The predicted molar refractivity (Wildman–Crippen MR) is 94.3 cm³/mol. The van der Waals surface area contributed by atoms with Gasteiger partial charge in [-0.25, -0.2) is 4.79 Å². The first kappa shape index (κ1) is 16.1. The van der Waals surface area contributed by atoms with E-state index in [2.05, 4.69) is 41.1 Å². The first-order chi connectivity index (χ1) is 11.1. The third kappa shape index (κ3) is 4.14. The van der Waals surface area contributed by atoms with E-state index in [1.807, 2.05) is 30.3 Å². The molecule has 0 aliphatic carbocycles. The molecule has 3 rings (SSSR count). The van der Waals surface area contributed by atoms with E-state index in [-0.39, 0.29) is 6.09 Å². The summed E-state index contributed by atoms with van der Waals surface area (Å²) in [5.41, 5.74) is 3.59. The first-order valence-corrected chi connectivity index (χ1v) is 8.62. The van der Waals surface area contributed by atoms with Crippen LogP contribution in [0.4, 0.5) is 4.79 Å². The Labute approximate surface area is 145 Å². The number of hydrogen-bond donors (Lipinski definition) is 0. The molecule has 4 heteroatoms. The smallest absolute Gasteiger partial charge is 0.410 e. The van der Waals surface area contributed by atoms with E-state index in [1.165, 1.54) is 11.1 Å². The average Bonchev–Trinajstić information content (AvgIpc) is 2.52. The SMILES string of the molecule is Cc1cc(CC2CN(C(=O)OCc3ccccc3)C2)ccc1Br. The van der Waals surface area contributed by atoms with E-state index >= 15 is 0 Å². The Kier molecular flexibility index (Phi) is 5.01. The van der Waals surface area contributed by atoms with Crippen molar-refractivity contribution in [3.8, 4) is 0 Å². The Balaban J connectivity index is 1.43. The minimum Gasteiger partial charge on any atom is -0.445 e. The van der Waals surface area contributed by atoms with Crippen molar-refractivity contribution in [2.45, 2.75) is 20.0 Å². The highest BCUT2D eigenvalue weighted by Gasteiger charge is 2.31. The van der Waals surface area contributed by atoms with Crippen LogP contribution < -0.4 is 0 Å². The summed E-state index contributed by atoms with van der Waals surface area (Å²) in [6.07, 6.45) is 0.799. The maximum Gasteiger partial charge on any atom is 0.410 e. The molecule has 0 spiro atoms. The van der Waals surface area contributed by atoms with Crippen molar-refractivity contribution in [1.82, 2.24) is 4.90 Å². The fraction of sp³-hybridized carbons (Fsp3) is 0.316. The van der Waals surface area contributed by atoms with Gasteiger partial charge in [-0.05, 0) is 42.0 Å². The zero-order valence-corrected chi connectivity index (χ0v) is 14.8. The summed E-state index contributed by atoms with van der Waals surface area (Å²) in [6, 6.07) is 16.2. The number of aryl methyl sites for hydroxylation is 1. The van der Waals surface area contributed by atoms with Crippen molar-refractivity contribution >= 4 is 22.0 Å². The maximum absolute atomic E-state index is 12.0. The molecule has 2 aromatic carbocycles. The Morgan fingerprint density at radius 3 is 2.61 bits per heavy atom. The molecule has 0 saturated carbocycles. The molecule has 1 saturated heterocycles. The number of halogens is 1. The topological polar surface area (TPSA) is 29.5 Å². The van der Waals surface area contributed by atoms with Crippen LogP contribution in [0.2, 0.25) is 0 Å². The number of hydrogen-bond acceptors (Lipinski definition) is 2. The van der Waals surface area contributed by atoms with Gasteiger partial charge in [0.2, 0.25) is 0 Å². The Morgan fingerprint density at radius 2 is 1.91 bits per heavy atom. The van der Waals surface area contributed by atoms with Crippen molar-refractivity contribution in [2.75, 3.05) is 13.1 Å². The molecule has 0 N–H and O–H groups in total. The van der Waals surface area contributed by atoms with Gasteiger partial charge in [0.05, 0.1) is 0 Å². The molecule has 1 amide bonds. The van der Waals surface area contributed by atoms with Crippen LogP contribution in [-0.2, 0) is 17.8 Å². The number of carbonyl (C=O) groups is 1. The van der Waals surface area contributed by atoms with E-state index in [1.54, 1.807) is 4.90 Å². The zero-order valence-electron chi connectivity index (χ0n) is 13.2. The van der Waals surface area contributed by atoms with Crippen LogP contribution in [0.25, 0.3) is 0 Å². The van der Waals surface area contributed by atoms with Crippen LogP contribution >= 0.6 is 15.9 Å². The average molecular weight is 374 g/mol. The molecule has 0 aromatic heterocycles. The summed E-state index contributed by atoms with van der Waals surface area (Å²) in [5, 5.41) is 0. The highest BCUT2D eigenvalue weighted by atomic mass is 79.9. The van der Waals surface area contributed by atoms with Gasteiger partial charge in [0.1, 0.15) is 6.61 Å². The molecule has 1 aliphatic heterocycles. The molecule has 1 fully saturated rings. The van der Waals surface area contributed by atoms with E-state index in [0.29, 0.717) is 12.5 Å². The van der Waals surface area contributed by atoms with Crippen LogP contribution in [0.3, 0.4) is 0 Å². The molecule has 2 aromatic rings. The summed E-state index contributed by atoms with van der Waals surface area (Å²) in [6.45, 7) is 4.00. The number of rotatable bonds is 4. The van der Waals surface area contributed by atoms with E-state index in [4.69, 9.17) is 4.74 Å². The van der Waals surface area contributed by atoms with E-state index < -0.39 is 0 Å². The monoisotopic (exact) mass is 373 g/mol. The minimum absolute atomic E-state index is 0.211. The summed E-state index contributed by atoms with van der Waals surface area (Å²) >= 11 is 3.52. The molecule has 3 nitrogen and oxygen atoms in total. The fourth-order valence-corrected chi connectivity index (χ4v) is 3.07. The van der Waals surface area contributed by atoms with Gasteiger partial charge in [-0.1, -0.05) is 58.4 Å². The van der Waals surface area contributed by atoms with Crippen molar-refractivity contribution in [1.29, 1.82) is 0 Å². The predicted octanol–water partition coefficient (Wildman–Crippen LogP) is 4.57. The summed E-state index contributed by atoms with van der Waals surface area (Å²) in [5.74, 6) is 0.528. The van der Waals surface area contributed by atoms with E-state index in [0.717, 1.165) is 29.5 Å². The largest absolute Gasteiger partial charge is 0.445 e. The van der Waals surface area contributed by atoms with Gasteiger partial charge < -0.3 is 9.64 Å². The summed E-state index contributed by atoms with van der Waals surface area (Å²) in [7, 11) is 0. The van der Waals surface area contributed by atoms with Crippen LogP contribution in [0.1, 0.15) is 16.7 Å². The molecule has 1 heterocycles. The first-order valence-electron chi connectivity index (χ1n) is 7.82. The van der Waals surface area contributed by atoms with Gasteiger partial charge in [0, 0.05) is 17.6 Å². The summed E-state index contributed by atoms with van der Waals surface area (Å²) in [4.78, 5) is 13.8. The molecule has 0 unspecified atom stereocenters. The second-order valence-corrected chi connectivity index (χ2v) is 6.95. The third-order valence-corrected chi connectivity index (χ3v) is 5.06. The van der Waals surface area contributed by atoms with Gasteiger partial charge in [-0.15, -0.1) is 0 Å². The van der Waals surface area contributed by atoms with Gasteiger partial charge >= 0.3 is 6.09 Å². The van der Waals surface area contributed by atoms with Crippen molar-refractivity contribution < 1.29 is 9.53 Å². The van der Waals surface area contributed by atoms with Crippen molar-refractivity contribution in [3.05, 3.63) is 69.7 Å². The lowest BCUT2D eigenvalue weighted by Crippen LogP contribution is -2.50. The second kappa shape index (κ2) is 7.18. The van der Waals surface area contributed by atoms with Crippen molar-refractivity contribution in [2.24, 2.45) is 5.92 Å². The molecule has 120 valence electrons. The maximum atomic E-state index is 12.0. The Bertz CT molecular complexity index is 681. The highest BCUT2D eigenvalue weighted by Crippen LogP contribution is 2.24. The van der Waals surface area contributed by atoms with Crippen LogP contribution in [-0.4, -0.2) is 24.1 Å². The molecule has 23 heavy (non-hydrogen) atoms. The Hall–Kier alpha value is -1.81. The quantitative estimate of drug-likeness (QED) is 0.785. The van der Waals surface area contributed by atoms with E-state index in [9.17, 15) is 4.79 Å². The number of ether oxygens (including phenoxy) is 1. The molecule has 0 atom stereocenters.